The number of likely N-dealkylation sites (tertiary alicyclic amines) is 1. The molecule has 1 amide bonds. The quantitative estimate of drug-likeness (QED) is 0.606. The number of nitrogens with zero attached hydrogens (tertiary/aromatic N) is 5. The van der Waals surface area contributed by atoms with Crippen LogP contribution in [0.1, 0.15) is 41.0 Å². The molecule has 160 valence electrons. The number of pyridine rings is 1. The van der Waals surface area contributed by atoms with Crippen LogP contribution >= 0.6 is 0 Å². The van der Waals surface area contributed by atoms with E-state index < -0.39 is 0 Å². The van der Waals surface area contributed by atoms with Crippen LogP contribution in [0.4, 0.5) is 5.82 Å². The molecule has 0 aliphatic carbocycles. The van der Waals surface area contributed by atoms with Crippen molar-refractivity contribution in [1.82, 2.24) is 20.1 Å². The van der Waals surface area contributed by atoms with Crippen molar-refractivity contribution in [2.45, 2.75) is 46.6 Å². The first kappa shape index (κ1) is 21.4. The fourth-order valence-electron chi connectivity index (χ4n) is 3.94. The lowest BCUT2D eigenvalue weighted by Crippen LogP contribution is -2.72. The number of piperazine rings is 1. The first-order chi connectivity index (χ1) is 13.8. The lowest BCUT2D eigenvalue weighted by molar-refractivity contribution is -0.131. The van der Waals surface area contributed by atoms with E-state index in [2.05, 4.69) is 54.7 Å². The number of hydrogen-bond donors (Lipinski definition) is 1. The summed E-state index contributed by atoms with van der Waals surface area (Å²) >= 11 is 0. The molecule has 3 rings (SSSR count). The van der Waals surface area contributed by atoms with Crippen molar-refractivity contribution in [2.75, 3.05) is 50.7 Å². The van der Waals surface area contributed by atoms with Gasteiger partial charge in [0, 0.05) is 62.8 Å². The van der Waals surface area contributed by atoms with Crippen molar-refractivity contribution in [2.24, 2.45) is 10.4 Å². The lowest BCUT2D eigenvalue weighted by Gasteiger charge is -2.62. The molecule has 0 unspecified atom stereocenters. The van der Waals surface area contributed by atoms with E-state index in [-0.39, 0.29) is 16.9 Å². The molecule has 7 heteroatoms. The van der Waals surface area contributed by atoms with E-state index in [1.807, 2.05) is 29.3 Å². The van der Waals surface area contributed by atoms with Gasteiger partial charge in [0.1, 0.15) is 5.82 Å². The van der Waals surface area contributed by atoms with Crippen molar-refractivity contribution in [1.29, 1.82) is 0 Å². The molecule has 1 N–H and O–H groups in total. The van der Waals surface area contributed by atoms with E-state index in [0.717, 1.165) is 51.0 Å². The Morgan fingerprint density at radius 2 is 1.90 bits per heavy atom. The Hall–Kier alpha value is -2.31. The Balaban J connectivity index is 1.49. The molecule has 0 bridgehead atoms. The van der Waals surface area contributed by atoms with Crippen LogP contribution in [0.5, 0.6) is 0 Å². The fraction of sp³-hybridized carbons (Fsp3) is 0.682. The van der Waals surface area contributed by atoms with Gasteiger partial charge < -0.3 is 20.0 Å². The number of hydrogen-bond acceptors (Lipinski definition) is 4. The number of guanidine groups is 1. The SMILES string of the molecule is CCNC(=NCCC(=O)N1CCN(c2ccccn2)CC1)N1CC(C)(C)C1(C)C. The van der Waals surface area contributed by atoms with Crippen LogP contribution in [-0.4, -0.2) is 78.0 Å². The largest absolute Gasteiger partial charge is 0.356 e. The van der Waals surface area contributed by atoms with Gasteiger partial charge in [-0.05, 0) is 32.9 Å². The highest BCUT2D eigenvalue weighted by Crippen LogP contribution is 2.46. The molecule has 7 nitrogen and oxygen atoms in total. The van der Waals surface area contributed by atoms with E-state index in [4.69, 9.17) is 4.99 Å². The summed E-state index contributed by atoms with van der Waals surface area (Å²) in [5, 5.41) is 3.39. The van der Waals surface area contributed by atoms with Crippen molar-refractivity contribution >= 4 is 17.7 Å². The predicted molar refractivity (Wildman–Crippen MR) is 118 cm³/mol. The summed E-state index contributed by atoms with van der Waals surface area (Å²) in [6.45, 7) is 16.7. The molecule has 2 fully saturated rings. The number of amides is 1. The Morgan fingerprint density at radius 3 is 2.45 bits per heavy atom. The normalized spacial score (nSPS) is 21.0. The standard InChI is InChI=1S/C22H36N6O/c1-6-23-20(28-17-21(2,3)22(28,4)5)25-12-10-19(29)27-15-13-26(14-16-27)18-9-7-8-11-24-18/h7-9,11H,6,10,12-17H2,1-5H3,(H,23,25). The highest BCUT2D eigenvalue weighted by molar-refractivity contribution is 5.83. The van der Waals surface area contributed by atoms with Gasteiger partial charge in [0.05, 0.1) is 6.54 Å². The maximum atomic E-state index is 12.7. The molecule has 0 atom stereocenters. The number of nitrogens with one attached hydrogen (secondary N) is 1. The molecule has 1 aromatic heterocycles. The molecule has 2 aliphatic rings. The number of aromatic nitrogens is 1. The molecule has 2 saturated heterocycles. The van der Waals surface area contributed by atoms with Gasteiger partial charge in [0.2, 0.25) is 5.91 Å². The number of carbonyl (C=O) groups excluding carboxylic acids is 1. The molecule has 29 heavy (non-hydrogen) atoms. The summed E-state index contributed by atoms with van der Waals surface area (Å²) in [4.78, 5) is 28.3. The fourth-order valence-corrected chi connectivity index (χ4v) is 3.94. The molecule has 2 aliphatic heterocycles. The van der Waals surface area contributed by atoms with Crippen molar-refractivity contribution in [3.05, 3.63) is 24.4 Å². The Bertz CT molecular complexity index is 722. The summed E-state index contributed by atoms with van der Waals surface area (Å²) < 4.78 is 0. The van der Waals surface area contributed by atoms with Crippen LogP contribution in [0.3, 0.4) is 0 Å². The number of aliphatic imine (C=N–C) groups is 1. The summed E-state index contributed by atoms with van der Waals surface area (Å²) in [6.07, 6.45) is 2.27. The minimum absolute atomic E-state index is 0.0554. The lowest BCUT2D eigenvalue weighted by atomic mass is 9.65. The maximum Gasteiger partial charge on any atom is 0.224 e. The molecule has 1 aromatic rings. The van der Waals surface area contributed by atoms with E-state index in [1.54, 1.807) is 0 Å². The zero-order valence-corrected chi connectivity index (χ0v) is 18.6. The van der Waals surface area contributed by atoms with E-state index in [0.29, 0.717) is 13.0 Å². The summed E-state index contributed by atoms with van der Waals surface area (Å²) in [7, 11) is 0. The van der Waals surface area contributed by atoms with Crippen LogP contribution in [0.25, 0.3) is 0 Å². The minimum atomic E-state index is 0.0554. The topological polar surface area (TPSA) is 64.1 Å². The third kappa shape index (κ3) is 4.49. The third-order valence-electron chi connectivity index (χ3n) is 6.67. The second-order valence-electron chi connectivity index (χ2n) is 9.07. The van der Waals surface area contributed by atoms with Crippen LogP contribution in [-0.2, 0) is 4.79 Å². The van der Waals surface area contributed by atoms with Crippen LogP contribution < -0.4 is 10.2 Å². The first-order valence-electron chi connectivity index (χ1n) is 10.8. The van der Waals surface area contributed by atoms with Gasteiger partial charge in [0.15, 0.2) is 5.96 Å². The van der Waals surface area contributed by atoms with Gasteiger partial charge in [-0.15, -0.1) is 0 Å². The van der Waals surface area contributed by atoms with Gasteiger partial charge in [-0.2, -0.15) is 0 Å². The molecule has 0 spiro atoms. The Morgan fingerprint density at radius 1 is 1.17 bits per heavy atom. The van der Waals surface area contributed by atoms with Gasteiger partial charge in [-0.1, -0.05) is 19.9 Å². The van der Waals surface area contributed by atoms with E-state index >= 15 is 0 Å². The zero-order valence-electron chi connectivity index (χ0n) is 18.6. The van der Waals surface area contributed by atoms with Gasteiger partial charge in [-0.25, -0.2) is 4.98 Å². The van der Waals surface area contributed by atoms with Crippen molar-refractivity contribution in [3.8, 4) is 0 Å². The summed E-state index contributed by atoms with van der Waals surface area (Å²) in [6, 6.07) is 5.95. The highest BCUT2D eigenvalue weighted by Gasteiger charge is 2.53. The molecular formula is C22H36N6O. The Kier molecular flexibility index (Phi) is 6.34. The number of rotatable bonds is 5. The molecule has 3 heterocycles. The molecule has 0 radical (unpaired) electrons. The van der Waals surface area contributed by atoms with Gasteiger partial charge in [0.25, 0.3) is 0 Å². The van der Waals surface area contributed by atoms with E-state index in [1.165, 1.54) is 0 Å². The average molecular weight is 401 g/mol. The van der Waals surface area contributed by atoms with E-state index in [9.17, 15) is 4.79 Å². The zero-order chi connectivity index (χ0) is 21.1. The molecule has 0 aromatic carbocycles. The summed E-state index contributed by atoms with van der Waals surface area (Å²) in [5.74, 6) is 2.10. The molecule has 0 saturated carbocycles. The summed E-state index contributed by atoms with van der Waals surface area (Å²) in [5.41, 5.74) is 0.312. The first-order valence-corrected chi connectivity index (χ1v) is 10.8. The Labute approximate surface area is 175 Å². The minimum Gasteiger partial charge on any atom is -0.356 e. The third-order valence-corrected chi connectivity index (χ3v) is 6.67. The maximum absolute atomic E-state index is 12.7. The second kappa shape index (κ2) is 8.59. The van der Waals surface area contributed by atoms with Gasteiger partial charge in [-0.3, -0.25) is 9.79 Å². The van der Waals surface area contributed by atoms with Gasteiger partial charge >= 0.3 is 0 Å². The van der Waals surface area contributed by atoms with Crippen LogP contribution in [0.15, 0.2) is 29.4 Å². The van der Waals surface area contributed by atoms with Crippen LogP contribution in [0.2, 0.25) is 0 Å². The van der Waals surface area contributed by atoms with Crippen molar-refractivity contribution in [3.63, 3.8) is 0 Å². The number of anilines is 1. The smallest absolute Gasteiger partial charge is 0.224 e. The highest BCUT2D eigenvalue weighted by atomic mass is 16.2. The number of carbonyl (C=O) groups is 1. The second-order valence-corrected chi connectivity index (χ2v) is 9.07. The molecular weight excluding hydrogens is 364 g/mol. The predicted octanol–water partition coefficient (Wildman–Crippen LogP) is 2.21. The van der Waals surface area contributed by atoms with Crippen LogP contribution in [0, 0.1) is 5.41 Å². The van der Waals surface area contributed by atoms with Crippen molar-refractivity contribution < 1.29 is 4.79 Å². The average Bonchev–Trinajstić information content (AvgIpc) is 2.72. The monoisotopic (exact) mass is 400 g/mol.